The third kappa shape index (κ3) is 2.69. The molecular weight excluding hydrogens is 182 g/mol. The van der Waals surface area contributed by atoms with Gasteiger partial charge in [0.2, 0.25) is 5.91 Å². The average Bonchev–Trinajstić information content (AvgIpc) is 2.10. The van der Waals surface area contributed by atoms with Gasteiger partial charge in [-0.3, -0.25) is 4.79 Å². The number of rotatable bonds is 2. The van der Waals surface area contributed by atoms with Gasteiger partial charge in [0.05, 0.1) is 24.9 Å². The third-order valence-corrected chi connectivity index (χ3v) is 2.79. The second-order valence-electron chi connectivity index (χ2n) is 4.08. The van der Waals surface area contributed by atoms with E-state index >= 15 is 0 Å². The van der Waals surface area contributed by atoms with Crippen LogP contribution in [0, 0.1) is 5.92 Å². The van der Waals surface area contributed by atoms with Crippen LogP contribution < -0.4 is 5.32 Å². The minimum absolute atomic E-state index is 0.0211. The normalized spacial score (nSPS) is 38.0. The van der Waals surface area contributed by atoms with E-state index in [-0.39, 0.29) is 36.7 Å². The Morgan fingerprint density at radius 1 is 1.57 bits per heavy atom. The predicted octanol–water partition coefficient (Wildman–Crippen LogP) is 0.297. The smallest absolute Gasteiger partial charge is 0.217 e. The number of aliphatic hydroxyl groups is 1. The van der Waals surface area contributed by atoms with E-state index < -0.39 is 0 Å². The van der Waals surface area contributed by atoms with Gasteiger partial charge in [0, 0.05) is 6.92 Å². The lowest BCUT2D eigenvalue weighted by atomic mass is 9.90. The van der Waals surface area contributed by atoms with Crippen molar-refractivity contribution in [1.29, 1.82) is 0 Å². The fraction of sp³-hybridized carbons (Fsp3) is 0.900. The molecule has 4 heteroatoms. The molecule has 1 amide bonds. The second kappa shape index (κ2) is 4.75. The minimum atomic E-state index is -0.0880. The molecule has 0 aliphatic carbocycles. The van der Waals surface area contributed by atoms with E-state index in [1.165, 1.54) is 6.92 Å². The van der Waals surface area contributed by atoms with E-state index in [0.717, 1.165) is 6.42 Å². The van der Waals surface area contributed by atoms with Gasteiger partial charge in [0.1, 0.15) is 0 Å². The summed E-state index contributed by atoms with van der Waals surface area (Å²) < 4.78 is 5.60. The van der Waals surface area contributed by atoms with Crippen molar-refractivity contribution in [2.45, 2.75) is 45.4 Å². The Morgan fingerprint density at radius 3 is 2.71 bits per heavy atom. The Hall–Kier alpha value is -0.610. The standard InChI is InChI=1S/C10H19NO3/c1-6-4-9(11-8(3)13)7(2)14-10(6)5-12/h6-7,9-10,12H,4-5H2,1-3H3,(H,11,13)/t6?,7-,9?,10?/m0/s1. The van der Waals surface area contributed by atoms with Crippen molar-refractivity contribution in [3.8, 4) is 0 Å². The van der Waals surface area contributed by atoms with Crippen LogP contribution in [0.5, 0.6) is 0 Å². The van der Waals surface area contributed by atoms with Gasteiger partial charge < -0.3 is 15.2 Å². The highest BCUT2D eigenvalue weighted by molar-refractivity contribution is 5.73. The van der Waals surface area contributed by atoms with Gasteiger partial charge in [0.15, 0.2) is 0 Å². The maximum absolute atomic E-state index is 10.9. The highest BCUT2D eigenvalue weighted by Crippen LogP contribution is 2.24. The number of carbonyl (C=O) groups is 1. The summed E-state index contributed by atoms with van der Waals surface area (Å²) in [6.45, 7) is 5.52. The molecule has 82 valence electrons. The molecule has 1 heterocycles. The van der Waals surface area contributed by atoms with Crippen LogP contribution in [0.1, 0.15) is 27.2 Å². The lowest BCUT2D eigenvalue weighted by Crippen LogP contribution is -2.51. The van der Waals surface area contributed by atoms with Crippen molar-refractivity contribution >= 4 is 5.91 Å². The van der Waals surface area contributed by atoms with Crippen LogP contribution >= 0.6 is 0 Å². The quantitative estimate of drug-likeness (QED) is 0.675. The Kier molecular flexibility index (Phi) is 3.89. The highest BCUT2D eigenvalue weighted by atomic mass is 16.5. The fourth-order valence-corrected chi connectivity index (χ4v) is 1.91. The van der Waals surface area contributed by atoms with Crippen LogP contribution in [-0.4, -0.2) is 35.9 Å². The molecule has 0 saturated carbocycles. The molecule has 0 aromatic heterocycles. The first-order valence-electron chi connectivity index (χ1n) is 5.08. The number of aliphatic hydroxyl groups excluding tert-OH is 1. The monoisotopic (exact) mass is 201 g/mol. The van der Waals surface area contributed by atoms with Crippen molar-refractivity contribution in [3.05, 3.63) is 0 Å². The molecule has 14 heavy (non-hydrogen) atoms. The molecule has 0 spiro atoms. The molecular formula is C10H19NO3. The summed E-state index contributed by atoms with van der Waals surface area (Å²) in [5.41, 5.74) is 0. The average molecular weight is 201 g/mol. The molecule has 1 aliphatic rings. The van der Waals surface area contributed by atoms with E-state index in [1.807, 2.05) is 13.8 Å². The second-order valence-corrected chi connectivity index (χ2v) is 4.08. The molecule has 1 rings (SSSR count). The first kappa shape index (κ1) is 11.5. The van der Waals surface area contributed by atoms with E-state index in [0.29, 0.717) is 0 Å². The summed E-state index contributed by atoms with van der Waals surface area (Å²) in [6.07, 6.45) is 0.758. The first-order valence-corrected chi connectivity index (χ1v) is 5.08. The highest BCUT2D eigenvalue weighted by Gasteiger charge is 2.33. The lowest BCUT2D eigenvalue weighted by molar-refractivity contribution is -0.129. The Balaban J connectivity index is 2.52. The van der Waals surface area contributed by atoms with Crippen molar-refractivity contribution in [2.75, 3.05) is 6.61 Å². The molecule has 1 fully saturated rings. The number of carbonyl (C=O) groups excluding carboxylic acids is 1. The SMILES string of the molecule is CC(=O)NC1CC(C)C(CO)O[C@H]1C. The van der Waals surface area contributed by atoms with Gasteiger partial charge in [-0.05, 0) is 19.3 Å². The zero-order chi connectivity index (χ0) is 10.7. The number of hydrogen-bond acceptors (Lipinski definition) is 3. The Labute approximate surface area is 84.6 Å². The Bertz CT molecular complexity index is 208. The van der Waals surface area contributed by atoms with E-state index in [4.69, 9.17) is 9.84 Å². The molecule has 0 aromatic rings. The molecule has 1 aliphatic heterocycles. The fourth-order valence-electron chi connectivity index (χ4n) is 1.91. The van der Waals surface area contributed by atoms with E-state index in [2.05, 4.69) is 5.32 Å². The van der Waals surface area contributed by atoms with E-state index in [1.54, 1.807) is 0 Å². The van der Waals surface area contributed by atoms with Gasteiger partial charge in [-0.25, -0.2) is 0 Å². The molecule has 4 nitrogen and oxygen atoms in total. The molecule has 3 unspecified atom stereocenters. The summed E-state index contributed by atoms with van der Waals surface area (Å²) in [4.78, 5) is 10.9. The van der Waals surface area contributed by atoms with Crippen LogP contribution in [0.15, 0.2) is 0 Å². The number of ether oxygens (including phenoxy) is 1. The van der Waals surface area contributed by atoms with Gasteiger partial charge in [0.25, 0.3) is 0 Å². The maximum Gasteiger partial charge on any atom is 0.217 e. The van der Waals surface area contributed by atoms with Crippen LogP contribution in [0.4, 0.5) is 0 Å². The van der Waals surface area contributed by atoms with Crippen LogP contribution in [0.25, 0.3) is 0 Å². The zero-order valence-electron chi connectivity index (χ0n) is 8.99. The van der Waals surface area contributed by atoms with Crippen LogP contribution in [-0.2, 0) is 9.53 Å². The topological polar surface area (TPSA) is 58.6 Å². The number of nitrogens with one attached hydrogen (secondary N) is 1. The summed E-state index contributed by atoms with van der Waals surface area (Å²) in [6, 6.07) is 0.0744. The van der Waals surface area contributed by atoms with E-state index in [9.17, 15) is 4.79 Å². The van der Waals surface area contributed by atoms with Crippen LogP contribution in [0.3, 0.4) is 0 Å². The van der Waals surface area contributed by atoms with Crippen molar-refractivity contribution in [2.24, 2.45) is 5.92 Å². The summed E-state index contributed by atoms with van der Waals surface area (Å²) >= 11 is 0. The van der Waals surface area contributed by atoms with Crippen molar-refractivity contribution < 1.29 is 14.6 Å². The van der Waals surface area contributed by atoms with Gasteiger partial charge in [-0.15, -0.1) is 0 Å². The number of hydrogen-bond donors (Lipinski definition) is 2. The molecule has 0 radical (unpaired) electrons. The summed E-state index contributed by atoms with van der Waals surface area (Å²) in [7, 11) is 0. The van der Waals surface area contributed by atoms with Gasteiger partial charge in [-0.2, -0.15) is 0 Å². The number of amides is 1. The van der Waals surface area contributed by atoms with Gasteiger partial charge in [-0.1, -0.05) is 6.92 Å². The lowest BCUT2D eigenvalue weighted by Gasteiger charge is -2.38. The first-order chi connectivity index (χ1) is 6.54. The molecule has 4 atom stereocenters. The zero-order valence-corrected chi connectivity index (χ0v) is 8.99. The Morgan fingerprint density at radius 2 is 2.21 bits per heavy atom. The summed E-state index contributed by atoms with van der Waals surface area (Å²) in [5, 5.41) is 11.9. The van der Waals surface area contributed by atoms with Crippen molar-refractivity contribution in [3.63, 3.8) is 0 Å². The molecule has 2 N–H and O–H groups in total. The third-order valence-electron chi connectivity index (χ3n) is 2.79. The predicted molar refractivity (Wildman–Crippen MR) is 52.8 cm³/mol. The van der Waals surface area contributed by atoms with Gasteiger partial charge >= 0.3 is 0 Å². The maximum atomic E-state index is 10.9. The minimum Gasteiger partial charge on any atom is -0.394 e. The molecule has 0 aromatic carbocycles. The molecule has 0 bridgehead atoms. The van der Waals surface area contributed by atoms with Crippen molar-refractivity contribution in [1.82, 2.24) is 5.32 Å². The largest absolute Gasteiger partial charge is 0.394 e. The summed E-state index contributed by atoms with van der Waals surface area (Å²) in [5.74, 6) is 0.258. The molecule has 1 saturated heterocycles. The van der Waals surface area contributed by atoms with Crippen LogP contribution in [0.2, 0.25) is 0 Å².